The van der Waals surface area contributed by atoms with Gasteiger partial charge in [-0.1, -0.05) is 48.5 Å². The molecule has 1 aliphatic rings. The van der Waals surface area contributed by atoms with Crippen molar-refractivity contribution in [3.05, 3.63) is 59.7 Å². The van der Waals surface area contributed by atoms with E-state index in [2.05, 4.69) is 17.4 Å². The molecule has 2 aromatic rings. The highest BCUT2D eigenvalue weighted by molar-refractivity contribution is 5.86. The minimum atomic E-state index is -0.921. The van der Waals surface area contributed by atoms with Gasteiger partial charge in [0.1, 0.15) is 12.6 Å². The summed E-state index contributed by atoms with van der Waals surface area (Å²) in [4.78, 5) is 37.8. The molecule has 2 aromatic carbocycles. The van der Waals surface area contributed by atoms with Crippen LogP contribution in [0, 0.1) is 0 Å². The monoisotopic (exact) mass is 454 g/mol. The second-order valence-corrected chi connectivity index (χ2v) is 7.89. The summed E-state index contributed by atoms with van der Waals surface area (Å²) in [6.07, 6.45) is -0.396. The Morgan fingerprint density at radius 3 is 2.21 bits per heavy atom. The molecular formula is C25H30N2O6. The van der Waals surface area contributed by atoms with Gasteiger partial charge in [0, 0.05) is 32.5 Å². The SMILES string of the molecule is CCN(CCCC(=O)O)C(=O)[C@H](COC)NC(=O)OCC1c2ccccc2-c2ccccc21. The maximum absolute atomic E-state index is 12.9. The lowest BCUT2D eigenvalue weighted by molar-refractivity contribution is -0.138. The molecule has 0 unspecified atom stereocenters. The fourth-order valence-corrected chi connectivity index (χ4v) is 4.19. The maximum Gasteiger partial charge on any atom is 0.407 e. The molecule has 2 amide bonds. The van der Waals surface area contributed by atoms with Gasteiger partial charge in [-0.25, -0.2) is 4.79 Å². The van der Waals surface area contributed by atoms with Crippen molar-refractivity contribution >= 4 is 18.0 Å². The molecule has 3 rings (SSSR count). The standard InChI is InChI=1S/C25H30N2O6/c1-3-27(14-8-13-23(28)29)24(30)22(16-32-2)26-25(31)33-15-21-19-11-6-4-9-17(19)18-10-5-7-12-20(18)21/h4-7,9-12,21-22H,3,8,13-16H2,1-2H3,(H,26,31)(H,28,29)/t22-/m0/s1. The van der Waals surface area contributed by atoms with Crippen LogP contribution >= 0.6 is 0 Å². The second-order valence-electron chi connectivity index (χ2n) is 7.89. The maximum atomic E-state index is 12.9. The van der Waals surface area contributed by atoms with E-state index in [4.69, 9.17) is 14.6 Å². The molecule has 8 nitrogen and oxygen atoms in total. The van der Waals surface area contributed by atoms with Gasteiger partial charge in [0.2, 0.25) is 5.91 Å². The molecule has 0 fully saturated rings. The third kappa shape index (κ3) is 5.90. The quantitative estimate of drug-likeness (QED) is 0.540. The number of fused-ring (bicyclic) bond motifs is 3. The predicted molar refractivity (Wildman–Crippen MR) is 123 cm³/mol. The minimum Gasteiger partial charge on any atom is -0.481 e. The third-order valence-electron chi connectivity index (χ3n) is 5.78. The molecular weight excluding hydrogens is 424 g/mol. The third-order valence-corrected chi connectivity index (χ3v) is 5.78. The Balaban J connectivity index is 1.62. The van der Waals surface area contributed by atoms with E-state index in [1.165, 1.54) is 12.0 Å². The number of hydrogen-bond acceptors (Lipinski definition) is 5. The van der Waals surface area contributed by atoms with Gasteiger partial charge in [0.25, 0.3) is 0 Å². The van der Waals surface area contributed by atoms with Crippen LogP contribution in [0.3, 0.4) is 0 Å². The molecule has 1 atom stereocenters. The summed E-state index contributed by atoms with van der Waals surface area (Å²) in [5, 5.41) is 11.4. The fourth-order valence-electron chi connectivity index (χ4n) is 4.19. The van der Waals surface area contributed by atoms with Gasteiger partial charge in [-0.15, -0.1) is 0 Å². The van der Waals surface area contributed by atoms with Gasteiger partial charge >= 0.3 is 12.1 Å². The van der Waals surface area contributed by atoms with Crippen LogP contribution in [0.1, 0.15) is 36.8 Å². The second kappa shape index (κ2) is 11.5. The Morgan fingerprint density at radius 1 is 1.06 bits per heavy atom. The largest absolute Gasteiger partial charge is 0.481 e. The Bertz CT molecular complexity index is 947. The molecule has 0 bridgehead atoms. The molecule has 0 saturated carbocycles. The topological polar surface area (TPSA) is 105 Å². The molecule has 0 aromatic heterocycles. The van der Waals surface area contributed by atoms with E-state index < -0.39 is 18.1 Å². The lowest BCUT2D eigenvalue weighted by Crippen LogP contribution is -2.51. The summed E-state index contributed by atoms with van der Waals surface area (Å²) in [6, 6.07) is 15.2. The molecule has 0 radical (unpaired) electrons. The van der Waals surface area contributed by atoms with Gasteiger partial charge < -0.3 is 24.8 Å². The number of hydrogen-bond donors (Lipinski definition) is 2. The zero-order valence-electron chi connectivity index (χ0n) is 19.0. The zero-order valence-corrected chi connectivity index (χ0v) is 19.0. The van der Waals surface area contributed by atoms with Crippen LogP contribution in [0.25, 0.3) is 11.1 Å². The van der Waals surface area contributed by atoms with Crippen molar-refractivity contribution in [2.75, 3.05) is 33.4 Å². The zero-order chi connectivity index (χ0) is 23.8. The van der Waals surface area contributed by atoms with Crippen LogP contribution in [-0.4, -0.2) is 67.4 Å². The molecule has 0 heterocycles. The van der Waals surface area contributed by atoms with E-state index in [1.54, 1.807) is 6.92 Å². The normalized spacial score (nSPS) is 13.0. The van der Waals surface area contributed by atoms with E-state index >= 15 is 0 Å². The van der Waals surface area contributed by atoms with Crippen molar-refractivity contribution in [3.8, 4) is 11.1 Å². The van der Waals surface area contributed by atoms with Crippen molar-refractivity contribution in [2.45, 2.75) is 31.7 Å². The molecule has 176 valence electrons. The van der Waals surface area contributed by atoms with Gasteiger partial charge in [-0.05, 0) is 35.6 Å². The molecule has 33 heavy (non-hydrogen) atoms. The molecule has 1 aliphatic carbocycles. The number of nitrogens with zero attached hydrogens (tertiary/aromatic N) is 1. The highest BCUT2D eigenvalue weighted by Crippen LogP contribution is 2.44. The van der Waals surface area contributed by atoms with Crippen molar-refractivity contribution < 1.29 is 29.0 Å². The number of benzene rings is 2. The van der Waals surface area contributed by atoms with Gasteiger partial charge in [-0.3, -0.25) is 9.59 Å². The minimum absolute atomic E-state index is 0.0154. The number of methoxy groups -OCH3 is 1. The first-order valence-corrected chi connectivity index (χ1v) is 11.1. The average Bonchev–Trinajstić information content (AvgIpc) is 3.13. The number of ether oxygens (including phenoxy) is 2. The number of likely N-dealkylation sites (N-methyl/N-ethyl adjacent to an activating group) is 1. The smallest absolute Gasteiger partial charge is 0.407 e. The average molecular weight is 455 g/mol. The summed E-state index contributed by atoms with van der Waals surface area (Å²) in [7, 11) is 1.44. The number of carboxylic acids is 1. The molecule has 8 heteroatoms. The molecule has 0 spiro atoms. The van der Waals surface area contributed by atoms with Crippen molar-refractivity contribution in [2.24, 2.45) is 0 Å². The first kappa shape index (κ1) is 24.3. The number of rotatable bonds is 11. The summed E-state index contributed by atoms with van der Waals surface area (Å²) in [5.41, 5.74) is 4.47. The Labute approximate surface area is 193 Å². The fraction of sp³-hybridized carbons (Fsp3) is 0.400. The van der Waals surface area contributed by atoms with Crippen molar-refractivity contribution in [1.82, 2.24) is 10.2 Å². The Kier molecular flexibility index (Phi) is 8.43. The number of carboxylic acid groups (broad SMARTS) is 1. The highest BCUT2D eigenvalue weighted by Gasteiger charge is 2.30. The Morgan fingerprint density at radius 2 is 1.67 bits per heavy atom. The molecule has 2 N–H and O–H groups in total. The lowest BCUT2D eigenvalue weighted by Gasteiger charge is -2.26. The first-order valence-electron chi connectivity index (χ1n) is 11.1. The van der Waals surface area contributed by atoms with Crippen LogP contribution in [0.15, 0.2) is 48.5 Å². The highest BCUT2D eigenvalue weighted by atomic mass is 16.5. The van der Waals surface area contributed by atoms with E-state index in [1.807, 2.05) is 36.4 Å². The van der Waals surface area contributed by atoms with Gasteiger partial charge in [-0.2, -0.15) is 0 Å². The Hall–Kier alpha value is -3.39. The van der Waals surface area contributed by atoms with Crippen LogP contribution in [-0.2, 0) is 19.1 Å². The predicted octanol–water partition coefficient (Wildman–Crippen LogP) is 3.25. The molecule has 0 aliphatic heterocycles. The number of nitrogens with one attached hydrogen (secondary N) is 1. The lowest BCUT2D eigenvalue weighted by atomic mass is 9.98. The van der Waals surface area contributed by atoms with E-state index in [-0.39, 0.29) is 38.0 Å². The van der Waals surface area contributed by atoms with Crippen molar-refractivity contribution in [1.29, 1.82) is 0 Å². The molecule has 0 saturated heterocycles. The van der Waals surface area contributed by atoms with Gasteiger partial charge in [0.15, 0.2) is 0 Å². The van der Waals surface area contributed by atoms with Crippen LogP contribution < -0.4 is 5.32 Å². The number of alkyl carbamates (subject to hydrolysis) is 1. The van der Waals surface area contributed by atoms with E-state index in [0.717, 1.165) is 22.3 Å². The van der Waals surface area contributed by atoms with Gasteiger partial charge in [0.05, 0.1) is 6.61 Å². The van der Waals surface area contributed by atoms with Crippen LogP contribution in [0.5, 0.6) is 0 Å². The summed E-state index contributed by atoms with van der Waals surface area (Å²) in [5.74, 6) is -1.33. The summed E-state index contributed by atoms with van der Waals surface area (Å²) < 4.78 is 10.7. The number of amides is 2. The number of aliphatic carboxylic acids is 1. The van der Waals surface area contributed by atoms with Crippen LogP contribution in [0.4, 0.5) is 4.79 Å². The van der Waals surface area contributed by atoms with Crippen LogP contribution in [0.2, 0.25) is 0 Å². The summed E-state index contributed by atoms with van der Waals surface area (Å²) >= 11 is 0. The summed E-state index contributed by atoms with van der Waals surface area (Å²) in [6.45, 7) is 2.61. The number of carbonyl (C=O) groups excluding carboxylic acids is 2. The number of carbonyl (C=O) groups is 3. The van der Waals surface area contributed by atoms with E-state index in [9.17, 15) is 14.4 Å². The first-order chi connectivity index (χ1) is 16.0. The van der Waals surface area contributed by atoms with E-state index in [0.29, 0.717) is 13.0 Å². The van der Waals surface area contributed by atoms with Crippen molar-refractivity contribution in [3.63, 3.8) is 0 Å².